The lowest BCUT2D eigenvalue weighted by molar-refractivity contribution is -0.127. The van der Waals surface area contributed by atoms with E-state index in [0.717, 1.165) is 5.69 Å². The van der Waals surface area contributed by atoms with E-state index in [1.807, 2.05) is 19.9 Å². The fourth-order valence-electron chi connectivity index (χ4n) is 3.08. The van der Waals surface area contributed by atoms with Gasteiger partial charge in [-0.3, -0.25) is 9.59 Å². The van der Waals surface area contributed by atoms with Crippen molar-refractivity contribution in [2.45, 2.75) is 27.7 Å². The van der Waals surface area contributed by atoms with Crippen LogP contribution in [-0.2, 0) is 4.79 Å². The van der Waals surface area contributed by atoms with Crippen molar-refractivity contribution >= 4 is 34.8 Å². The minimum atomic E-state index is -0.624. The minimum Gasteiger partial charge on any atom is -0.490 e. The molecule has 0 spiro atoms. The second-order valence-electron chi connectivity index (χ2n) is 8.13. The summed E-state index contributed by atoms with van der Waals surface area (Å²) in [5.74, 6) is 0.710. The van der Waals surface area contributed by atoms with Gasteiger partial charge < -0.3 is 15.0 Å². The smallest absolute Gasteiger partial charge is 0.255 e. The van der Waals surface area contributed by atoms with Crippen LogP contribution in [0.25, 0.3) is 0 Å². The molecule has 0 radical (unpaired) electrons. The highest BCUT2D eigenvalue weighted by atomic mass is 35.5. The van der Waals surface area contributed by atoms with Crippen LogP contribution in [0.15, 0.2) is 42.5 Å². The third kappa shape index (κ3) is 4.30. The average molecular weight is 401 g/mol. The fourth-order valence-corrected chi connectivity index (χ4v) is 3.20. The molecule has 148 valence electrons. The van der Waals surface area contributed by atoms with E-state index < -0.39 is 5.41 Å². The summed E-state index contributed by atoms with van der Waals surface area (Å²) in [4.78, 5) is 27.3. The number of hydrogen-bond donors (Lipinski definition) is 1. The van der Waals surface area contributed by atoms with Crippen molar-refractivity contribution in [3.8, 4) is 5.75 Å². The van der Waals surface area contributed by atoms with Gasteiger partial charge in [0.25, 0.3) is 5.91 Å². The van der Waals surface area contributed by atoms with Crippen LogP contribution < -0.4 is 15.0 Å². The molecule has 2 aromatic carbocycles. The number of nitrogens with zero attached hydrogens (tertiary/aromatic N) is 1. The summed E-state index contributed by atoms with van der Waals surface area (Å²) in [5.41, 5.74) is 1.22. The Bertz CT molecular complexity index is 891. The van der Waals surface area contributed by atoms with Crippen molar-refractivity contribution < 1.29 is 14.3 Å². The van der Waals surface area contributed by atoms with E-state index in [4.69, 9.17) is 16.3 Å². The topological polar surface area (TPSA) is 58.6 Å². The summed E-state index contributed by atoms with van der Waals surface area (Å²) in [7, 11) is 0. The average Bonchev–Trinajstić information content (AvgIpc) is 2.72. The summed E-state index contributed by atoms with van der Waals surface area (Å²) in [6.45, 7) is 8.81. The predicted octanol–water partition coefficient (Wildman–Crippen LogP) is 5.00. The van der Waals surface area contributed by atoms with Gasteiger partial charge in [0.15, 0.2) is 0 Å². The Labute approximate surface area is 170 Å². The van der Waals surface area contributed by atoms with Crippen molar-refractivity contribution in [2.75, 3.05) is 23.4 Å². The van der Waals surface area contributed by atoms with Crippen molar-refractivity contribution in [3.63, 3.8) is 0 Å². The first-order chi connectivity index (χ1) is 13.2. The predicted molar refractivity (Wildman–Crippen MR) is 112 cm³/mol. The van der Waals surface area contributed by atoms with E-state index in [1.165, 1.54) is 0 Å². The molecule has 3 rings (SSSR count). The monoisotopic (exact) mass is 400 g/mol. The number of ether oxygens (including phenoxy) is 1. The molecule has 5 nitrogen and oxygen atoms in total. The van der Waals surface area contributed by atoms with Crippen LogP contribution in [0.5, 0.6) is 5.75 Å². The zero-order chi connectivity index (χ0) is 20.5. The van der Waals surface area contributed by atoms with Gasteiger partial charge in [-0.05, 0) is 56.2 Å². The number of carbonyl (C=O) groups is 2. The van der Waals surface area contributed by atoms with Gasteiger partial charge in [-0.25, -0.2) is 0 Å². The van der Waals surface area contributed by atoms with Crippen LogP contribution in [0, 0.1) is 11.3 Å². The summed E-state index contributed by atoms with van der Waals surface area (Å²) in [6.07, 6.45) is 0. The Morgan fingerprint density at radius 2 is 1.89 bits per heavy atom. The molecule has 0 fully saturated rings. The van der Waals surface area contributed by atoms with E-state index in [0.29, 0.717) is 34.5 Å². The molecule has 2 aromatic rings. The molecule has 1 aliphatic rings. The fraction of sp³-hybridized carbons (Fsp3) is 0.364. The molecule has 0 saturated heterocycles. The van der Waals surface area contributed by atoms with Crippen LogP contribution in [-0.4, -0.2) is 25.0 Å². The molecule has 28 heavy (non-hydrogen) atoms. The number of halogens is 1. The van der Waals surface area contributed by atoms with Crippen LogP contribution in [0.1, 0.15) is 38.1 Å². The van der Waals surface area contributed by atoms with Crippen molar-refractivity contribution in [1.82, 2.24) is 0 Å². The maximum absolute atomic E-state index is 13.0. The van der Waals surface area contributed by atoms with E-state index in [2.05, 4.69) is 19.2 Å². The molecule has 0 atom stereocenters. The lowest BCUT2D eigenvalue weighted by atomic mass is 9.92. The normalized spacial score (nSPS) is 15.6. The van der Waals surface area contributed by atoms with Crippen LogP contribution in [0.3, 0.4) is 0 Å². The highest BCUT2D eigenvalue weighted by Crippen LogP contribution is 2.38. The molecular weight excluding hydrogens is 376 g/mol. The molecule has 1 aliphatic heterocycles. The molecule has 0 saturated carbocycles. The Kier molecular flexibility index (Phi) is 5.66. The van der Waals surface area contributed by atoms with Gasteiger partial charge in [-0.15, -0.1) is 0 Å². The van der Waals surface area contributed by atoms with Crippen molar-refractivity contribution in [1.29, 1.82) is 0 Å². The third-order valence-corrected chi connectivity index (χ3v) is 4.83. The minimum absolute atomic E-state index is 0.0397. The van der Waals surface area contributed by atoms with Gasteiger partial charge in [0.1, 0.15) is 12.4 Å². The Hall–Kier alpha value is -2.53. The molecule has 1 heterocycles. The van der Waals surface area contributed by atoms with E-state index in [9.17, 15) is 9.59 Å². The number of fused-ring (bicyclic) bond motifs is 1. The van der Waals surface area contributed by atoms with Gasteiger partial charge in [-0.1, -0.05) is 25.4 Å². The second kappa shape index (κ2) is 7.84. The Balaban J connectivity index is 1.89. The van der Waals surface area contributed by atoms with Gasteiger partial charge in [-0.2, -0.15) is 0 Å². The summed E-state index contributed by atoms with van der Waals surface area (Å²) in [5, 5.41) is 3.45. The lowest BCUT2D eigenvalue weighted by Gasteiger charge is -2.29. The Morgan fingerprint density at radius 3 is 2.54 bits per heavy atom. The first-order valence-electron chi connectivity index (χ1n) is 9.33. The van der Waals surface area contributed by atoms with Crippen molar-refractivity contribution in [3.05, 3.63) is 53.1 Å². The standard InChI is InChI=1S/C22H25ClN2O3/c1-14(2)12-25-18-10-9-17(11-19(18)28-13-22(3,4)21(25)27)24-20(26)15-5-7-16(23)8-6-15/h5-11,14H,12-13H2,1-4H3,(H,24,26). The van der Waals surface area contributed by atoms with Crippen molar-refractivity contribution in [2.24, 2.45) is 11.3 Å². The summed E-state index contributed by atoms with van der Waals surface area (Å²) in [6, 6.07) is 12.1. The van der Waals surface area contributed by atoms with E-state index in [-0.39, 0.29) is 18.4 Å². The van der Waals surface area contributed by atoms with Crippen LogP contribution in [0.4, 0.5) is 11.4 Å². The molecule has 0 unspecified atom stereocenters. The zero-order valence-electron chi connectivity index (χ0n) is 16.6. The largest absolute Gasteiger partial charge is 0.490 e. The summed E-state index contributed by atoms with van der Waals surface area (Å²) < 4.78 is 5.96. The quantitative estimate of drug-likeness (QED) is 0.785. The molecule has 6 heteroatoms. The number of benzene rings is 2. The maximum Gasteiger partial charge on any atom is 0.255 e. The van der Waals surface area contributed by atoms with Gasteiger partial charge in [0.2, 0.25) is 5.91 Å². The van der Waals surface area contributed by atoms with E-state index in [1.54, 1.807) is 41.3 Å². The lowest BCUT2D eigenvalue weighted by Crippen LogP contribution is -2.43. The maximum atomic E-state index is 13.0. The molecule has 1 N–H and O–H groups in total. The molecule has 2 amide bonds. The highest BCUT2D eigenvalue weighted by Gasteiger charge is 2.38. The first-order valence-corrected chi connectivity index (χ1v) is 9.71. The number of rotatable bonds is 4. The third-order valence-electron chi connectivity index (χ3n) is 4.58. The van der Waals surface area contributed by atoms with Crippen LogP contribution in [0.2, 0.25) is 5.02 Å². The van der Waals surface area contributed by atoms with Gasteiger partial charge in [0.05, 0.1) is 11.1 Å². The van der Waals surface area contributed by atoms with Gasteiger partial charge >= 0.3 is 0 Å². The number of anilines is 2. The molecular formula is C22H25ClN2O3. The van der Waals surface area contributed by atoms with E-state index >= 15 is 0 Å². The van der Waals surface area contributed by atoms with Gasteiger partial charge in [0, 0.05) is 28.9 Å². The first kappa shape index (κ1) is 20.2. The zero-order valence-corrected chi connectivity index (χ0v) is 17.3. The Morgan fingerprint density at radius 1 is 1.21 bits per heavy atom. The highest BCUT2D eigenvalue weighted by molar-refractivity contribution is 6.30. The summed E-state index contributed by atoms with van der Waals surface area (Å²) >= 11 is 5.88. The number of hydrogen-bond acceptors (Lipinski definition) is 3. The number of carbonyl (C=O) groups excluding carboxylic acids is 2. The number of nitrogens with one attached hydrogen (secondary N) is 1. The molecule has 0 aliphatic carbocycles. The van der Waals surface area contributed by atoms with Crippen LogP contribution >= 0.6 is 11.6 Å². The SMILES string of the molecule is CC(C)CN1C(=O)C(C)(C)COc2cc(NC(=O)c3ccc(Cl)cc3)ccc21. The number of amides is 2. The molecule has 0 bridgehead atoms. The second-order valence-corrected chi connectivity index (χ2v) is 8.56. The molecule has 0 aromatic heterocycles.